The Morgan fingerprint density at radius 2 is 2.38 bits per heavy atom. The molecular formula is C13H16N2O. The summed E-state index contributed by atoms with van der Waals surface area (Å²) >= 11 is 0. The van der Waals surface area contributed by atoms with E-state index < -0.39 is 0 Å². The van der Waals surface area contributed by atoms with Gasteiger partial charge in [0.1, 0.15) is 5.75 Å². The molecule has 2 atom stereocenters. The van der Waals surface area contributed by atoms with Crippen LogP contribution in [-0.2, 0) is 6.42 Å². The molecule has 0 saturated carbocycles. The summed E-state index contributed by atoms with van der Waals surface area (Å²) in [7, 11) is 0. The zero-order valence-corrected chi connectivity index (χ0v) is 9.44. The van der Waals surface area contributed by atoms with Crippen molar-refractivity contribution in [2.75, 3.05) is 6.61 Å². The highest BCUT2D eigenvalue weighted by atomic mass is 16.5. The van der Waals surface area contributed by atoms with Gasteiger partial charge in [0.05, 0.1) is 18.6 Å². The molecule has 0 radical (unpaired) electrons. The smallest absolute Gasteiger partial charge is 0.122 e. The summed E-state index contributed by atoms with van der Waals surface area (Å²) in [5, 5.41) is 9.00. The number of hydrogen-bond donors (Lipinski definition) is 1. The standard InChI is InChI=1S/C13H16N2O/c1-2-9(8-14)13(15)11-3-4-12-10(7-11)5-6-16-12/h3-4,7,9,13H,2,5-6,15H2,1H3. The quantitative estimate of drug-likeness (QED) is 0.842. The predicted molar refractivity (Wildman–Crippen MR) is 62.0 cm³/mol. The maximum atomic E-state index is 9.00. The van der Waals surface area contributed by atoms with Gasteiger partial charge in [0.15, 0.2) is 0 Å². The van der Waals surface area contributed by atoms with Crippen molar-refractivity contribution in [3.05, 3.63) is 29.3 Å². The lowest BCUT2D eigenvalue weighted by Crippen LogP contribution is -2.19. The van der Waals surface area contributed by atoms with E-state index in [1.54, 1.807) is 0 Å². The van der Waals surface area contributed by atoms with E-state index in [-0.39, 0.29) is 12.0 Å². The zero-order chi connectivity index (χ0) is 11.5. The number of hydrogen-bond acceptors (Lipinski definition) is 3. The first-order valence-corrected chi connectivity index (χ1v) is 5.67. The lowest BCUT2D eigenvalue weighted by atomic mass is 9.91. The summed E-state index contributed by atoms with van der Waals surface area (Å²) in [6.45, 7) is 2.74. The molecule has 3 nitrogen and oxygen atoms in total. The SMILES string of the molecule is CCC(C#N)C(N)c1ccc2c(c1)CCO2. The van der Waals surface area contributed by atoms with Crippen LogP contribution in [0.15, 0.2) is 18.2 Å². The second-order valence-electron chi connectivity index (χ2n) is 4.14. The van der Waals surface area contributed by atoms with Gasteiger partial charge in [-0.3, -0.25) is 0 Å². The van der Waals surface area contributed by atoms with Crippen molar-refractivity contribution in [3.8, 4) is 11.8 Å². The number of nitrogens with zero attached hydrogens (tertiary/aromatic N) is 1. The Hall–Kier alpha value is -1.53. The van der Waals surface area contributed by atoms with Crippen LogP contribution in [-0.4, -0.2) is 6.61 Å². The van der Waals surface area contributed by atoms with Crippen molar-refractivity contribution in [2.24, 2.45) is 11.7 Å². The first kappa shape index (κ1) is 11.0. The molecule has 16 heavy (non-hydrogen) atoms. The molecule has 1 aromatic carbocycles. The molecule has 0 bridgehead atoms. The molecule has 3 heteroatoms. The summed E-state index contributed by atoms with van der Waals surface area (Å²) in [5.74, 6) is 0.848. The number of nitrogens with two attached hydrogens (primary N) is 1. The van der Waals surface area contributed by atoms with E-state index in [2.05, 4.69) is 12.1 Å². The molecule has 0 aromatic heterocycles. The van der Waals surface area contributed by atoms with Crippen LogP contribution in [0.5, 0.6) is 5.75 Å². The topological polar surface area (TPSA) is 59.0 Å². The van der Waals surface area contributed by atoms with E-state index in [0.29, 0.717) is 0 Å². The maximum absolute atomic E-state index is 9.00. The van der Waals surface area contributed by atoms with Gasteiger partial charge in [0.25, 0.3) is 0 Å². The van der Waals surface area contributed by atoms with Gasteiger partial charge in [-0.05, 0) is 23.6 Å². The van der Waals surface area contributed by atoms with Gasteiger partial charge < -0.3 is 10.5 Å². The van der Waals surface area contributed by atoms with Crippen LogP contribution in [0.2, 0.25) is 0 Å². The normalized spacial score (nSPS) is 17.1. The number of nitriles is 1. The summed E-state index contributed by atoms with van der Waals surface area (Å²) in [4.78, 5) is 0. The summed E-state index contributed by atoms with van der Waals surface area (Å²) in [6, 6.07) is 8.07. The van der Waals surface area contributed by atoms with Gasteiger partial charge in [0, 0.05) is 12.5 Å². The van der Waals surface area contributed by atoms with Crippen molar-refractivity contribution in [3.63, 3.8) is 0 Å². The van der Waals surface area contributed by atoms with E-state index in [1.807, 2.05) is 19.1 Å². The molecule has 2 rings (SSSR count). The zero-order valence-electron chi connectivity index (χ0n) is 9.44. The van der Waals surface area contributed by atoms with Gasteiger partial charge >= 0.3 is 0 Å². The molecule has 1 aliphatic heterocycles. The molecule has 0 amide bonds. The Morgan fingerprint density at radius 1 is 1.56 bits per heavy atom. The van der Waals surface area contributed by atoms with E-state index in [4.69, 9.17) is 15.7 Å². The molecule has 0 saturated heterocycles. The minimum atomic E-state index is -0.194. The first-order chi connectivity index (χ1) is 7.76. The minimum Gasteiger partial charge on any atom is -0.493 e. The average Bonchev–Trinajstić information content (AvgIpc) is 2.77. The Balaban J connectivity index is 2.24. The highest BCUT2D eigenvalue weighted by molar-refractivity contribution is 5.41. The van der Waals surface area contributed by atoms with Crippen LogP contribution in [0, 0.1) is 17.2 Å². The second-order valence-corrected chi connectivity index (χ2v) is 4.14. The molecule has 0 aliphatic carbocycles. The third kappa shape index (κ3) is 1.89. The fourth-order valence-electron chi connectivity index (χ4n) is 2.07. The number of ether oxygens (including phenoxy) is 1. The predicted octanol–water partition coefficient (Wildman–Crippen LogP) is 2.17. The minimum absolute atomic E-state index is 0.111. The van der Waals surface area contributed by atoms with Gasteiger partial charge in [-0.2, -0.15) is 5.26 Å². The summed E-state index contributed by atoms with van der Waals surface area (Å²) in [5.41, 5.74) is 8.34. The summed E-state index contributed by atoms with van der Waals surface area (Å²) < 4.78 is 5.44. The fraction of sp³-hybridized carbons (Fsp3) is 0.462. The molecule has 0 spiro atoms. The van der Waals surface area contributed by atoms with Crippen LogP contribution in [0.1, 0.15) is 30.5 Å². The Bertz CT molecular complexity index is 422. The van der Waals surface area contributed by atoms with E-state index >= 15 is 0 Å². The fourth-order valence-corrected chi connectivity index (χ4v) is 2.07. The lowest BCUT2D eigenvalue weighted by Gasteiger charge is -2.17. The maximum Gasteiger partial charge on any atom is 0.122 e. The van der Waals surface area contributed by atoms with E-state index in [0.717, 1.165) is 30.8 Å². The van der Waals surface area contributed by atoms with Crippen LogP contribution in [0.3, 0.4) is 0 Å². The van der Waals surface area contributed by atoms with Gasteiger partial charge in [-0.25, -0.2) is 0 Å². The Morgan fingerprint density at radius 3 is 3.06 bits per heavy atom. The molecule has 1 aromatic rings. The largest absolute Gasteiger partial charge is 0.493 e. The van der Waals surface area contributed by atoms with Crippen molar-refractivity contribution < 1.29 is 4.74 Å². The number of rotatable bonds is 3. The molecule has 1 aliphatic rings. The molecule has 2 unspecified atom stereocenters. The molecule has 2 N–H and O–H groups in total. The molecule has 0 fully saturated rings. The van der Waals surface area contributed by atoms with Crippen LogP contribution >= 0.6 is 0 Å². The van der Waals surface area contributed by atoms with Gasteiger partial charge in [0.2, 0.25) is 0 Å². The first-order valence-electron chi connectivity index (χ1n) is 5.67. The Labute approximate surface area is 95.8 Å². The van der Waals surface area contributed by atoms with E-state index in [9.17, 15) is 0 Å². The summed E-state index contributed by atoms with van der Waals surface area (Å²) in [6.07, 6.45) is 1.73. The number of fused-ring (bicyclic) bond motifs is 1. The highest BCUT2D eigenvalue weighted by Gasteiger charge is 2.20. The van der Waals surface area contributed by atoms with Crippen molar-refractivity contribution in [1.82, 2.24) is 0 Å². The van der Waals surface area contributed by atoms with Crippen molar-refractivity contribution in [2.45, 2.75) is 25.8 Å². The third-order valence-electron chi connectivity index (χ3n) is 3.14. The molecule has 84 valence electrons. The average molecular weight is 216 g/mol. The van der Waals surface area contributed by atoms with Gasteiger partial charge in [-0.1, -0.05) is 19.1 Å². The highest BCUT2D eigenvalue weighted by Crippen LogP contribution is 2.30. The van der Waals surface area contributed by atoms with Crippen LogP contribution < -0.4 is 10.5 Å². The van der Waals surface area contributed by atoms with Crippen LogP contribution in [0.4, 0.5) is 0 Å². The monoisotopic (exact) mass is 216 g/mol. The molecular weight excluding hydrogens is 200 g/mol. The van der Waals surface area contributed by atoms with Crippen molar-refractivity contribution >= 4 is 0 Å². The van der Waals surface area contributed by atoms with E-state index in [1.165, 1.54) is 5.56 Å². The van der Waals surface area contributed by atoms with Gasteiger partial charge in [-0.15, -0.1) is 0 Å². The number of benzene rings is 1. The van der Waals surface area contributed by atoms with Crippen molar-refractivity contribution in [1.29, 1.82) is 5.26 Å². The lowest BCUT2D eigenvalue weighted by molar-refractivity contribution is 0.356. The second kappa shape index (κ2) is 4.54. The third-order valence-corrected chi connectivity index (χ3v) is 3.14. The molecule has 1 heterocycles. The Kier molecular flexibility index (Phi) is 3.12. The van der Waals surface area contributed by atoms with Crippen LogP contribution in [0.25, 0.3) is 0 Å².